The number of hydrogen-bond donors (Lipinski definition) is 3. The lowest BCUT2D eigenvalue weighted by Gasteiger charge is -2.35. The first-order chi connectivity index (χ1) is 21.2. The van der Waals surface area contributed by atoms with Crippen LogP contribution in [0.5, 0.6) is 0 Å². The minimum Gasteiger partial charge on any atom is -0.412 e. The molecule has 1 aromatic heterocycles. The Morgan fingerprint density at radius 3 is 1.52 bits per heavy atom. The van der Waals surface area contributed by atoms with Crippen LogP contribution in [0.25, 0.3) is 11.3 Å². The van der Waals surface area contributed by atoms with Crippen LogP contribution in [0.1, 0.15) is 24.2 Å². The Morgan fingerprint density at radius 1 is 0.717 bits per heavy atom. The molecule has 2 amide bonds. The first-order valence-electron chi connectivity index (χ1n) is 14.6. The van der Waals surface area contributed by atoms with Crippen LogP contribution in [-0.2, 0) is 9.59 Å². The highest BCUT2D eigenvalue weighted by atomic mass is 16.2. The average Bonchev–Trinajstić information content (AvgIpc) is 3.60. The lowest BCUT2D eigenvalue weighted by Crippen LogP contribution is -2.48. The normalized spacial score (nSPS) is 14.1. The number of allylic oxidation sites excluding steroid dienone is 1. The van der Waals surface area contributed by atoms with Crippen LogP contribution in [0.15, 0.2) is 73.1 Å². The van der Waals surface area contributed by atoms with E-state index in [2.05, 4.69) is 55.9 Å². The Balaban J connectivity index is 0.000000420. The third-order valence-electron chi connectivity index (χ3n) is 7.54. The summed E-state index contributed by atoms with van der Waals surface area (Å²) in [5.41, 5.74) is 5.14. The number of H-pyrrole nitrogens is 1. The maximum atomic E-state index is 12.0. The van der Waals surface area contributed by atoms with Crippen LogP contribution in [0, 0.1) is 0 Å². The predicted molar refractivity (Wildman–Crippen MR) is 182 cm³/mol. The van der Waals surface area contributed by atoms with Crippen LogP contribution in [0.2, 0.25) is 0 Å². The van der Waals surface area contributed by atoms with Gasteiger partial charge in [0, 0.05) is 116 Å². The fraction of sp³-hybridized carbons (Fsp3) is 0.375. The Hall–Kier alpha value is -4.76. The highest BCUT2D eigenvalue weighted by molar-refractivity contribution is 6.04. The maximum absolute atomic E-state index is 12.0. The first kappa shape index (κ1) is 39.3. The monoisotopic (exact) mass is 639 g/mol. The van der Waals surface area contributed by atoms with Crippen molar-refractivity contribution >= 4 is 29.0 Å². The maximum Gasteiger partial charge on any atom is 0.219 e. The molecule has 46 heavy (non-hydrogen) atoms. The molecule has 0 aliphatic carbocycles. The summed E-state index contributed by atoms with van der Waals surface area (Å²) in [7, 11) is 3.77. The topological polar surface area (TPSA) is 211 Å². The van der Waals surface area contributed by atoms with Gasteiger partial charge >= 0.3 is 0 Å². The van der Waals surface area contributed by atoms with Gasteiger partial charge in [-0.1, -0.05) is 12.1 Å². The highest BCUT2D eigenvalue weighted by Gasteiger charge is 2.20. The van der Waals surface area contributed by atoms with Gasteiger partial charge in [0.2, 0.25) is 11.8 Å². The number of nitrogens with zero attached hydrogens (tertiary/aromatic N) is 6. The number of hydrazine groups is 1. The lowest BCUT2D eigenvalue weighted by molar-refractivity contribution is -0.129. The SMILES string of the molecule is CC(=O)N1CCN(c2ccc(-c3ccn[nH]3)cc2)CC1.CC(=O)N1CCN(c2ccc(C(=O)/C=C/N(C)C)cc2)CC1.NN.O.O. The molecule has 0 atom stereocenters. The van der Waals surface area contributed by atoms with Gasteiger partial charge in [-0.15, -0.1) is 0 Å². The summed E-state index contributed by atoms with van der Waals surface area (Å²) in [5, 5.41) is 6.93. The Kier molecular flexibility index (Phi) is 16.7. The standard InChI is InChI=1S/C17H23N3O2.C15H18N4O.H4N2.2H2O/c1-14(21)19-10-12-20(13-11-19)16-6-4-15(5-7-16)17(22)8-9-18(2)3;1-12(20)18-8-10-19(11-9-18)14-4-2-13(3-5-14)15-6-7-16-17-15;1-2;;/h4-9H,10-13H2,1-3H3;2-7H,8-11H2,1H3,(H,16,17);1-2H2;2*1H2/b9-8+;;;;. The van der Waals surface area contributed by atoms with E-state index in [1.165, 1.54) is 5.69 Å². The second kappa shape index (κ2) is 19.6. The van der Waals surface area contributed by atoms with E-state index in [9.17, 15) is 14.4 Å². The number of amides is 2. The summed E-state index contributed by atoms with van der Waals surface area (Å²) in [6.45, 7) is 9.79. The number of hydrogen-bond acceptors (Lipinski definition) is 9. The van der Waals surface area contributed by atoms with E-state index in [1.807, 2.05) is 59.1 Å². The zero-order valence-electron chi connectivity index (χ0n) is 27.1. The van der Waals surface area contributed by atoms with Crippen molar-refractivity contribution in [3.8, 4) is 11.3 Å². The van der Waals surface area contributed by atoms with Crippen molar-refractivity contribution < 1.29 is 25.3 Å². The molecule has 14 heteroatoms. The predicted octanol–water partition coefficient (Wildman–Crippen LogP) is 0.528. The van der Waals surface area contributed by atoms with E-state index in [1.54, 1.807) is 32.3 Å². The molecule has 0 bridgehead atoms. The molecule has 14 nitrogen and oxygen atoms in total. The van der Waals surface area contributed by atoms with Gasteiger partial charge in [-0.2, -0.15) is 5.10 Å². The minimum atomic E-state index is 0. The molecule has 9 N–H and O–H groups in total. The van der Waals surface area contributed by atoms with Crippen molar-refractivity contribution in [1.82, 2.24) is 24.9 Å². The largest absolute Gasteiger partial charge is 0.412 e. The molecule has 5 rings (SSSR count). The summed E-state index contributed by atoms with van der Waals surface area (Å²) in [4.78, 5) is 44.8. The van der Waals surface area contributed by atoms with Gasteiger partial charge in [0.15, 0.2) is 5.78 Å². The molecule has 2 saturated heterocycles. The third-order valence-corrected chi connectivity index (χ3v) is 7.54. The number of aromatic amines is 1. The van der Waals surface area contributed by atoms with E-state index in [-0.39, 0.29) is 28.5 Å². The van der Waals surface area contributed by atoms with Crippen molar-refractivity contribution in [2.24, 2.45) is 11.7 Å². The van der Waals surface area contributed by atoms with E-state index in [0.29, 0.717) is 5.56 Å². The summed E-state index contributed by atoms with van der Waals surface area (Å²) >= 11 is 0. The first-order valence-corrected chi connectivity index (χ1v) is 14.6. The van der Waals surface area contributed by atoms with Crippen molar-refractivity contribution in [2.75, 3.05) is 76.3 Å². The molecule has 2 aliphatic heterocycles. The number of nitrogens with one attached hydrogen (secondary N) is 1. The minimum absolute atomic E-state index is 0. The Labute approximate surface area is 270 Å². The zero-order valence-corrected chi connectivity index (χ0v) is 27.1. The van der Waals surface area contributed by atoms with E-state index in [4.69, 9.17) is 0 Å². The number of anilines is 2. The number of nitrogens with two attached hydrogens (primary N) is 2. The molecule has 252 valence electrons. The van der Waals surface area contributed by atoms with Gasteiger partial charge in [0.25, 0.3) is 0 Å². The van der Waals surface area contributed by atoms with Crippen molar-refractivity contribution in [2.45, 2.75) is 13.8 Å². The summed E-state index contributed by atoms with van der Waals surface area (Å²) in [5.74, 6) is 8.30. The van der Waals surface area contributed by atoms with Gasteiger partial charge in [0.05, 0.1) is 5.69 Å². The zero-order chi connectivity index (χ0) is 32.1. The van der Waals surface area contributed by atoms with Gasteiger partial charge in [0.1, 0.15) is 0 Å². The van der Waals surface area contributed by atoms with Crippen molar-refractivity contribution in [3.05, 3.63) is 78.6 Å². The van der Waals surface area contributed by atoms with Gasteiger partial charge in [-0.05, 0) is 48.0 Å². The second-order valence-electron chi connectivity index (χ2n) is 10.7. The molecule has 2 aliphatic rings. The number of rotatable bonds is 6. The second-order valence-corrected chi connectivity index (χ2v) is 10.7. The highest BCUT2D eigenvalue weighted by Crippen LogP contribution is 2.22. The Morgan fingerprint density at radius 2 is 1.15 bits per heavy atom. The van der Waals surface area contributed by atoms with Crippen LogP contribution < -0.4 is 21.5 Å². The quantitative estimate of drug-likeness (QED) is 0.148. The molecule has 0 saturated carbocycles. The number of carbonyl (C=O) groups excluding carboxylic acids is 3. The van der Waals surface area contributed by atoms with Crippen molar-refractivity contribution in [3.63, 3.8) is 0 Å². The molecule has 3 aromatic rings. The van der Waals surface area contributed by atoms with E-state index < -0.39 is 0 Å². The number of ketones is 1. The number of benzene rings is 2. The molecule has 2 aromatic carbocycles. The summed E-state index contributed by atoms with van der Waals surface area (Å²) in [6, 6.07) is 18.1. The summed E-state index contributed by atoms with van der Waals surface area (Å²) < 4.78 is 0. The molecular formula is C32H49N9O5. The Bertz CT molecular complexity index is 1350. The van der Waals surface area contributed by atoms with Crippen molar-refractivity contribution in [1.29, 1.82) is 0 Å². The molecule has 0 unspecified atom stereocenters. The number of carbonyl (C=O) groups is 3. The number of piperazine rings is 2. The fourth-order valence-electron chi connectivity index (χ4n) is 4.98. The van der Waals surface area contributed by atoms with E-state index >= 15 is 0 Å². The molecule has 3 heterocycles. The van der Waals surface area contributed by atoms with Gasteiger partial charge < -0.3 is 35.5 Å². The smallest absolute Gasteiger partial charge is 0.219 e. The van der Waals surface area contributed by atoms with Gasteiger partial charge in [-0.25, -0.2) is 0 Å². The molecule has 2 fully saturated rings. The van der Waals surface area contributed by atoms with Crippen LogP contribution in [0.4, 0.5) is 11.4 Å². The van der Waals surface area contributed by atoms with E-state index in [0.717, 1.165) is 69.3 Å². The van der Waals surface area contributed by atoms with Crippen LogP contribution in [-0.4, -0.2) is 120 Å². The molecule has 0 radical (unpaired) electrons. The third kappa shape index (κ3) is 11.3. The van der Waals surface area contributed by atoms with Crippen LogP contribution >= 0.6 is 0 Å². The fourth-order valence-corrected chi connectivity index (χ4v) is 4.98. The average molecular weight is 640 g/mol. The number of aromatic nitrogens is 2. The summed E-state index contributed by atoms with van der Waals surface area (Å²) in [6.07, 6.45) is 5.07. The lowest BCUT2D eigenvalue weighted by atomic mass is 10.1. The van der Waals surface area contributed by atoms with Crippen LogP contribution in [0.3, 0.4) is 0 Å². The molecule has 0 spiro atoms. The van der Waals surface area contributed by atoms with Gasteiger partial charge in [-0.3, -0.25) is 31.2 Å². The molecular weight excluding hydrogens is 590 g/mol.